The Bertz CT molecular complexity index is 416. The number of rotatable bonds is 1. The Morgan fingerprint density at radius 3 is 2.33 bits per heavy atom. The Balaban J connectivity index is 3.38. The monoisotopic (exact) mass is 304 g/mol. The topological polar surface area (TPSA) is 17.1 Å². The molecule has 0 aliphatic carbocycles. The first-order chi connectivity index (χ1) is 6.75. The van der Waals surface area contributed by atoms with Crippen molar-refractivity contribution in [2.75, 3.05) is 0 Å². The molecule has 0 unspecified atom stereocenters. The van der Waals surface area contributed by atoms with Gasteiger partial charge in [-0.2, -0.15) is 13.2 Å². The highest BCUT2D eigenvalue weighted by molar-refractivity contribution is 9.10. The van der Waals surface area contributed by atoms with Gasteiger partial charge in [-0.3, -0.25) is 4.79 Å². The van der Waals surface area contributed by atoms with E-state index in [2.05, 4.69) is 15.9 Å². The number of ketones is 1. The Kier molecular flexibility index (Phi) is 3.40. The predicted octanol–water partition coefficient (Wildman–Crippen LogP) is 3.99. The van der Waals surface area contributed by atoms with E-state index in [0.29, 0.717) is 0 Å². The quantitative estimate of drug-likeness (QED) is 0.436. The molecule has 0 saturated carbocycles. The summed E-state index contributed by atoms with van der Waals surface area (Å²) in [7, 11) is 0. The zero-order valence-corrected chi connectivity index (χ0v) is 9.17. The van der Waals surface area contributed by atoms with Crippen LogP contribution in [0.15, 0.2) is 16.6 Å². The third-order valence-corrected chi connectivity index (χ3v) is 2.46. The first-order valence-electron chi connectivity index (χ1n) is 3.50. The van der Waals surface area contributed by atoms with Crippen molar-refractivity contribution in [3.05, 3.63) is 33.0 Å². The molecular formula is C8H2BrClF4O. The van der Waals surface area contributed by atoms with Gasteiger partial charge in [0.2, 0.25) is 0 Å². The van der Waals surface area contributed by atoms with Gasteiger partial charge >= 0.3 is 6.18 Å². The summed E-state index contributed by atoms with van der Waals surface area (Å²) in [6.07, 6.45) is -5.15. The van der Waals surface area contributed by atoms with Crippen LogP contribution in [0.5, 0.6) is 0 Å². The number of hydrogen-bond donors (Lipinski definition) is 0. The van der Waals surface area contributed by atoms with Crippen LogP contribution in [-0.4, -0.2) is 12.0 Å². The number of alkyl halides is 3. The molecule has 1 rings (SSSR count). The second-order valence-electron chi connectivity index (χ2n) is 2.55. The number of benzene rings is 1. The van der Waals surface area contributed by atoms with Crippen molar-refractivity contribution in [2.24, 2.45) is 0 Å². The second-order valence-corrected chi connectivity index (χ2v) is 3.81. The maximum atomic E-state index is 13.2. The molecule has 82 valence electrons. The molecular weight excluding hydrogens is 303 g/mol. The smallest absolute Gasteiger partial charge is 0.284 e. The minimum atomic E-state index is -5.15. The SMILES string of the molecule is O=C(c1c(Cl)ccc(Br)c1F)C(F)(F)F. The number of hydrogen-bond acceptors (Lipinski definition) is 1. The fourth-order valence-corrected chi connectivity index (χ4v) is 1.44. The van der Waals surface area contributed by atoms with Crippen LogP contribution < -0.4 is 0 Å². The maximum Gasteiger partial charge on any atom is 0.455 e. The lowest BCUT2D eigenvalue weighted by Gasteiger charge is -2.08. The van der Waals surface area contributed by atoms with E-state index in [9.17, 15) is 22.4 Å². The summed E-state index contributed by atoms with van der Waals surface area (Å²) >= 11 is 7.98. The second kappa shape index (κ2) is 4.09. The summed E-state index contributed by atoms with van der Waals surface area (Å²) < 4.78 is 49.0. The maximum absolute atomic E-state index is 13.2. The van der Waals surface area contributed by atoms with Gasteiger partial charge in [-0.25, -0.2) is 4.39 Å². The summed E-state index contributed by atoms with van der Waals surface area (Å²) in [5.41, 5.74) is -1.17. The van der Waals surface area contributed by atoms with Crippen LogP contribution in [0.4, 0.5) is 17.6 Å². The number of Topliss-reactive ketones (excluding diaryl/α,β-unsaturated/α-hetero) is 1. The fourth-order valence-electron chi connectivity index (χ4n) is 0.877. The molecule has 0 aliphatic heterocycles. The first kappa shape index (κ1) is 12.4. The zero-order chi connectivity index (χ0) is 11.8. The van der Waals surface area contributed by atoms with Crippen molar-refractivity contribution in [1.82, 2.24) is 0 Å². The highest BCUT2D eigenvalue weighted by atomic mass is 79.9. The van der Waals surface area contributed by atoms with Gasteiger partial charge in [0.15, 0.2) is 0 Å². The largest absolute Gasteiger partial charge is 0.455 e. The van der Waals surface area contributed by atoms with Gasteiger partial charge in [0, 0.05) is 0 Å². The van der Waals surface area contributed by atoms with Gasteiger partial charge in [0.1, 0.15) is 5.82 Å². The van der Waals surface area contributed by atoms with E-state index < -0.39 is 28.4 Å². The van der Waals surface area contributed by atoms with E-state index in [-0.39, 0.29) is 4.47 Å². The molecule has 0 spiro atoms. The van der Waals surface area contributed by atoms with E-state index in [0.717, 1.165) is 12.1 Å². The summed E-state index contributed by atoms with van der Waals surface area (Å²) in [6.45, 7) is 0. The van der Waals surface area contributed by atoms with Crippen LogP contribution in [0.1, 0.15) is 10.4 Å². The van der Waals surface area contributed by atoms with Crippen molar-refractivity contribution < 1.29 is 22.4 Å². The number of carbonyl (C=O) groups is 1. The van der Waals surface area contributed by atoms with Gasteiger partial charge in [-0.1, -0.05) is 11.6 Å². The molecule has 0 aliphatic rings. The zero-order valence-electron chi connectivity index (χ0n) is 6.83. The van der Waals surface area contributed by atoms with Crippen LogP contribution in [0, 0.1) is 5.82 Å². The Hall–Kier alpha value is -0.620. The van der Waals surface area contributed by atoms with Crippen molar-refractivity contribution in [2.45, 2.75) is 6.18 Å². The van der Waals surface area contributed by atoms with Gasteiger partial charge in [-0.15, -0.1) is 0 Å². The minimum absolute atomic E-state index is 0.250. The third-order valence-electron chi connectivity index (χ3n) is 1.53. The van der Waals surface area contributed by atoms with Crippen molar-refractivity contribution in [3.8, 4) is 0 Å². The molecule has 7 heteroatoms. The van der Waals surface area contributed by atoms with E-state index in [1.807, 2.05) is 0 Å². The summed E-state index contributed by atoms with van der Waals surface area (Å²) in [4.78, 5) is 10.8. The molecule has 0 amide bonds. The van der Waals surface area contributed by atoms with E-state index in [4.69, 9.17) is 11.6 Å². The van der Waals surface area contributed by atoms with Crippen LogP contribution in [-0.2, 0) is 0 Å². The first-order valence-corrected chi connectivity index (χ1v) is 4.67. The summed E-state index contributed by atoms with van der Waals surface area (Å²) in [5.74, 6) is -3.61. The Morgan fingerprint density at radius 1 is 1.33 bits per heavy atom. The van der Waals surface area contributed by atoms with Crippen LogP contribution >= 0.6 is 27.5 Å². The summed E-state index contributed by atoms with van der Waals surface area (Å²) in [5, 5.41) is -0.571. The molecule has 0 heterocycles. The molecule has 1 aromatic rings. The lowest BCUT2D eigenvalue weighted by Crippen LogP contribution is -2.24. The van der Waals surface area contributed by atoms with Gasteiger partial charge in [0.05, 0.1) is 15.1 Å². The Labute approximate surface area is 95.2 Å². The van der Waals surface area contributed by atoms with Crippen molar-refractivity contribution in [3.63, 3.8) is 0 Å². The third kappa shape index (κ3) is 2.49. The number of carbonyl (C=O) groups excluding carboxylic acids is 1. The molecule has 0 radical (unpaired) electrons. The normalized spacial score (nSPS) is 11.6. The van der Waals surface area contributed by atoms with Gasteiger partial charge in [-0.05, 0) is 28.1 Å². The van der Waals surface area contributed by atoms with Crippen LogP contribution in [0.25, 0.3) is 0 Å². The Morgan fingerprint density at radius 2 is 1.87 bits per heavy atom. The highest BCUT2D eigenvalue weighted by Gasteiger charge is 2.42. The molecule has 0 bridgehead atoms. The average molecular weight is 305 g/mol. The van der Waals surface area contributed by atoms with Crippen LogP contribution in [0.3, 0.4) is 0 Å². The molecule has 1 aromatic carbocycles. The molecule has 0 atom stereocenters. The van der Waals surface area contributed by atoms with E-state index in [1.54, 1.807) is 0 Å². The molecule has 0 saturated heterocycles. The van der Waals surface area contributed by atoms with Crippen molar-refractivity contribution >= 4 is 33.3 Å². The minimum Gasteiger partial charge on any atom is -0.284 e. The standard InChI is InChI=1S/C8H2BrClF4O/c9-3-1-2-4(10)5(6(3)11)7(15)8(12,13)14/h1-2H. The lowest BCUT2D eigenvalue weighted by atomic mass is 10.1. The van der Waals surface area contributed by atoms with Crippen LogP contribution in [0.2, 0.25) is 5.02 Å². The summed E-state index contributed by atoms with van der Waals surface area (Å²) in [6, 6.07) is 2.12. The average Bonchev–Trinajstić information content (AvgIpc) is 2.10. The molecule has 1 nitrogen and oxygen atoms in total. The van der Waals surface area contributed by atoms with E-state index >= 15 is 0 Å². The number of halogens is 6. The molecule has 0 N–H and O–H groups in total. The molecule has 15 heavy (non-hydrogen) atoms. The van der Waals surface area contributed by atoms with Gasteiger partial charge < -0.3 is 0 Å². The van der Waals surface area contributed by atoms with Gasteiger partial charge in [0.25, 0.3) is 5.78 Å². The van der Waals surface area contributed by atoms with Crippen molar-refractivity contribution in [1.29, 1.82) is 0 Å². The fraction of sp³-hybridized carbons (Fsp3) is 0.125. The molecule has 0 aromatic heterocycles. The highest BCUT2D eigenvalue weighted by Crippen LogP contribution is 2.31. The van der Waals surface area contributed by atoms with E-state index in [1.165, 1.54) is 0 Å². The predicted molar refractivity (Wildman–Crippen MR) is 49.5 cm³/mol. The molecule has 0 fully saturated rings. The lowest BCUT2D eigenvalue weighted by molar-refractivity contribution is -0.0887.